The van der Waals surface area contributed by atoms with E-state index in [0.29, 0.717) is 16.9 Å². The van der Waals surface area contributed by atoms with Crippen LogP contribution >= 0.6 is 23.2 Å². The number of anilines is 1. The minimum Gasteiger partial charge on any atom is -0.396 e. The van der Waals surface area contributed by atoms with Crippen molar-refractivity contribution < 1.29 is 0 Å². The van der Waals surface area contributed by atoms with E-state index >= 15 is 0 Å². The molecule has 3 N–H and O–H groups in total. The van der Waals surface area contributed by atoms with E-state index in [9.17, 15) is 0 Å². The fourth-order valence-electron chi connectivity index (χ4n) is 1.04. The molecule has 2 rings (SSSR count). The van der Waals surface area contributed by atoms with E-state index < -0.39 is 0 Å². The van der Waals surface area contributed by atoms with E-state index in [1.54, 1.807) is 6.07 Å². The summed E-state index contributed by atoms with van der Waals surface area (Å²) in [6.07, 6.45) is 1.49. The summed E-state index contributed by atoms with van der Waals surface area (Å²) in [5, 5.41) is 14.2. The molecule has 2 heterocycles. The van der Waals surface area contributed by atoms with Crippen LogP contribution < -0.4 is 5.73 Å². The third kappa shape index (κ3) is 1.51. The first kappa shape index (κ1) is 9.23. The van der Waals surface area contributed by atoms with Crippen molar-refractivity contribution in [1.82, 2.24) is 20.4 Å². The first-order valence-electron chi connectivity index (χ1n) is 3.66. The molecular formula is C7H5Cl2N5. The van der Waals surface area contributed by atoms with E-state index in [0.717, 1.165) is 0 Å². The number of halogens is 2. The van der Waals surface area contributed by atoms with Gasteiger partial charge in [0.1, 0.15) is 0 Å². The fraction of sp³-hybridized carbons (Fsp3) is 0. The second kappa shape index (κ2) is 3.43. The van der Waals surface area contributed by atoms with Gasteiger partial charge >= 0.3 is 0 Å². The zero-order valence-corrected chi connectivity index (χ0v) is 8.34. The number of nitrogens with zero attached hydrogens (tertiary/aromatic N) is 3. The number of aromatic amines is 1. The van der Waals surface area contributed by atoms with E-state index in [1.807, 2.05) is 0 Å². The van der Waals surface area contributed by atoms with E-state index in [1.165, 1.54) is 6.20 Å². The van der Waals surface area contributed by atoms with Crippen LogP contribution in [0.4, 0.5) is 5.69 Å². The van der Waals surface area contributed by atoms with Gasteiger partial charge < -0.3 is 5.73 Å². The third-order valence-electron chi connectivity index (χ3n) is 1.66. The molecule has 0 aliphatic heterocycles. The van der Waals surface area contributed by atoms with Crippen molar-refractivity contribution in [1.29, 1.82) is 0 Å². The Labute approximate surface area is 89.2 Å². The van der Waals surface area contributed by atoms with Gasteiger partial charge in [-0.15, -0.1) is 10.2 Å². The third-order valence-corrected chi connectivity index (χ3v) is 2.12. The Kier molecular flexibility index (Phi) is 2.26. The number of hydrogen-bond donors (Lipinski definition) is 2. The molecule has 0 radical (unpaired) electrons. The molecular weight excluding hydrogens is 225 g/mol. The summed E-state index contributed by atoms with van der Waals surface area (Å²) in [5.74, 6) is 0. The van der Waals surface area contributed by atoms with Crippen LogP contribution in [-0.2, 0) is 0 Å². The monoisotopic (exact) mass is 229 g/mol. The van der Waals surface area contributed by atoms with Gasteiger partial charge in [0.15, 0.2) is 10.3 Å². The first-order chi connectivity index (χ1) is 6.68. The molecule has 0 aliphatic carbocycles. The molecule has 0 fully saturated rings. The number of H-pyrrole nitrogens is 1. The lowest BCUT2D eigenvalue weighted by Gasteiger charge is -2.00. The van der Waals surface area contributed by atoms with Gasteiger partial charge in [0, 0.05) is 5.56 Å². The molecule has 0 unspecified atom stereocenters. The number of nitrogen functional groups attached to an aromatic ring is 1. The molecule has 2 aromatic heterocycles. The van der Waals surface area contributed by atoms with Gasteiger partial charge in [0.05, 0.1) is 17.6 Å². The Balaban J connectivity index is 2.62. The molecule has 0 saturated heterocycles. The highest BCUT2D eigenvalue weighted by molar-refractivity contribution is 6.33. The molecule has 0 bridgehead atoms. The van der Waals surface area contributed by atoms with Crippen molar-refractivity contribution >= 4 is 28.9 Å². The summed E-state index contributed by atoms with van der Waals surface area (Å²) < 4.78 is 0. The van der Waals surface area contributed by atoms with Crippen molar-refractivity contribution in [3.8, 4) is 11.3 Å². The minimum atomic E-state index is 0.227. The predicted octanol–water partition coefficient (Wildman–Crippen LogP) is 1.76. The topological polar surface area (TPSA) is 80.5 Å². The van der Waals surface area contributed by atoms with Gasteiger partial charge in [-0.2, -0.15) is 5.10 Å². The van der Waals surface area contributed by atoms with Gasteiger partial charge in [-0.25, -0.2) is 0 Å². The predicted molar refractivity (Wildman–Crippen MR) is 54.0 cm³/mol. The lowest BCUT2D eigenvalue weighted by atomic mass is 10.2. The smallest absolute Gasteiger partial charge is 0.161 e. The molecule has 0 atom stereocenters. The maximum atomic E-state index is 5.82. The summed E-state index contributed by atoms with van der Waals surface area (Å²) >= 11 is 11.5. The summed E-state index contributed by atoms with van der Waals surface area (Å²) in [4.78, 5) is 0. The van der Waals surface area contributed by atoms with Crippen molar-refractivity contribution in [2.24, 2.45) is 0 Å². The highest BCUT2D eigenvalue weighted by Crippen LogP contribution is 2.29. The van der Waals surface area contributed by atoms with Crippen molar-refractivity contribution in [2.45, 2.75) is 0 Å². The van der Waals surface area contributed by atoms with Crippen LogP contribution in [0.3, 0.4) is 0 Å². The molecule has 14 heavy (non-hydrogen) atoms. The average molecular weight is 230 g/mol. The summed E-state index contributed by atoms with van der Waals surface area (Å²) in [7, 11) is 0. The van der Waals surface area contributed by atoms with Crippen LogP contribution in [0.25, 0.3) is 11.3 Å². The SMILES string of the molecule is Nc1cn[nH]c1-c1cc(Cl)nnc1Cl. The number of hydrogen-bond acceptors (Lipinski definition) is 4. The Bertz CT molecular complexity index is 467. The number of nitrogens with two attached hydrogens (primary N) is 1. The normalized spacial score (nSPS) is 10.4. The van der Waals surface area contributed by atoms with Gasteiger partial charge in [-0.3, -0.25) is 5.10 Å². The second-order valence-electron chi connectivity index (χ2n) is 2.57. The highest BCUT2D eigenvalue weighted by Gasteiger charge is 2.11. The van der Waals surface area contributed by atoms with E-state index in [4.69, 9.17) is 28.9 Å². The Hall–Kier alpha value is -1.33. The van der Waals surface area contributed by atoms with Crippen LogP contribution in [0.2, 0.25) is 10.3 Å². The second-order valence-corrected chi connectivity index (χ2v) is 3.32. The Morgan fingerprint density at radius 2 is 2.07 bits per heavy atom. The van der Waals surface area contributed by atoms with Crippen LogP contribution in [0.1, 0.15) is 0 Å². The van der Waals surface area contributed by atoms with Crippen LogP contribution in [0.15, 0.2) is 12.3 Å². The number of aromatic nitrogens is 4. The molecule has 0 aromatic carbocycles. The van der Waals surface area contributed by atoms with Gasteiger partial charge in [-0.1, -0.05) is 23.2 Å². The van der Waals surface area contributed by atoms with Crippen molar-refractivity contribution in [3.63, 3.8) is 0 Å². The van der Waals surface area contributed by atoms with E-state index in [2.05, 4.69) is 20.4 Å². The fourth-order valence-corrected chi connectivity index (χ4v) is 1.37. The molecule has 5 nitrogen and oxygen atoms in total. The molecule has 2 aromatic rings. The van der Waals surface area contributed by atoms with Crippen LogP contribution in [0.5, 0.6) is 0 Å². The van der Waals surface area contributed by atoms with Crippen LogP contribution in [-0.4, -0.2) is 20.4 Å². The Morgan fingerprint density at radius 1 is 1.29 bits per heavy atom. The summed E-state index contributed by atoms with van der Waals surface area (Å²) in [6, 6.07) is 1.57. The number of nitrogens with one attached hydrogen (secondary N) is 1. The lowest BCUT2D eigenvalue weighted by Crippen LogP contribution is -1.91. The molecule has 0 spiro atoms. The average Bonchev–Trinajstić information content (AvgIpc) is 2.56. The molecule has 0 aliphatic rings. The van der Waals surface area contributed by atoms with Crippen LogP contribution in [0, 0.1) is 0 Å². The Morgan fingerprint density at radius 3 is 2.71 bits per heavy atom. The van der Waals surface area contributed by atoms with Crippen molar-refractivity contribution in [3.05, 3.63) is 22.6 Å². The maximum absolute atomic E-state index is 5.82. The van der Waals surface area contributed by atoms with Gasteiger partial charge in [0.2, 0.25) is 0 Å². The molecule has 0 amide bonds. The molecule has 7 heteroatoms. The number of rotatable bonds is 1. The summed E-state index contributed by atoms with van der Waals surface area (Å²) in [6.45, 7) is 0. The lowest BCUT2D eigenvalue weighted by molar-refractivity contribution is 1.03. The highest BCUT2D eigenvalue weighted by atomic mass is 35.5. The molecule has 72 valence electrons. The van der Waals surface area contributed by atoms with E-state index in [-0.39, 0.29) is 10.3 Å². The zero-order chi connectivity index (χ0) is 10.1. The molecule has 0 saturated carbocycles. The largest absolute Gasteiger partial charge is 0.396 e. The maximum Gasteiger partial charge on any atom is 0.161 e. The van der Waals surface area contributed by atoms with Crippen molar-refractivity contribution in [2.75, 3.05) is 5.73 Å². The minimum absolute atomic E-state index is 0.227. The first-order valence-corrected chi connectivity index (χ1v) is 4.42. The summed E-state index contributed by atoms with van der Waals surface area (Å²) in [5.41, 5.74) is 7.30. The quantitative estimate of drug-likeness (QED) is 0.781. The van der Waals surface area contributed by atoms with Gasteiger partial charge in [0.25, 0.3) is 0 Å². The standard InChI is InChI=1S/C7H5Cl2N5/c8-5-1-3(7(9)14-12-5)6-4(10)2-11-13-6/h1-2H,10H2,(H,11,13). The zero-order valence-electron chi connectivity index (χ0n) is 6.83. The van der Waals surface area contributed by atoms with Gasteiger partial charge in [-0.05, 0) is 6.07 Å².